The largest absolute Gasteiger partial charge is 0.417 e. The van der Waals surface area contributed by atoms with E-state index in [9.17, 15) is 27.6 Å². The Morgan fingerprint density at radius 2 is 1.90 bits per heavy atom. The third-order valence-electron chi connectivity index (χ3n) is 6.20. The van der Waals surface area contributed by atoms with Crippen LogP contribution in [-0.2, 0) is 11.0 Å². The van der Waals surface area contributed by atoms with Crippen LogP contribution in [0.3, 0.4) is 0 Å². The number of halogens is 4. The van der Waals surface area contributed by atoms with E-state index < -0.39 is 24.0 Å². The molecule has 0 radical (unpaired) electrons. The van der Waals surface area contributed by atoms with Gasteiger partial charge in [0.05, 0.1) is 36.0 Å². The second-order valence-electron chi connectivity index (χ2n) is 7.97. The summed E-state index contributed by atoms with van der Waals surface area (Å²) in [7, 11) is 0. The summed E-state index contributed by atoms with van der Waals surface area (Å²) >= 11 is 0. The number of nitrogens with one attached hydrogen (secondary N) is 1. The van der Waals surface area contributed by atoms with Crippen molar-refractivity contribution < 1.29 is 22.4 Å². The van der Waals surface area contributed by atoms with Gasteiger partial charge < -0.3 is 15.1 Å². The number of nitrogens with zero attached hydrogens (tertiary/aromatic N) is 4. The van der Waals surface area contributed by atoms with Crippen molar-refractivity contribution in [1.82, 2.24) is 10.2 Å². The average Bonchev–Trinajstić information content (AvgIpc) is 3.04. The fourth-order valence-electron chi connectivity index (χ4n) is 4.67. The predicted molar refractivity (Wildman–Crippen MR) is 97.8 cm³/mol. The number of fused-ring (bicyclic) bond motifs is 1. The standard InChI is InChI=1S/C20H19F4N5O/c21-11-4-12(5-25)29(8-11)18(30)7-27-19-14-9-28(10-15(14)19)17-3-1-2-16(13(17)6-26)20(22,23)24/h1-3,11-12,14-15,19,27H,4,7-10H2/t11-,12-,14-,15+,19?/m0/s1. The molecule has 2 saturated heterocycles. The summed E-state index contributed by atoms with van der Waals surface area (Å²) in [5, 5.41) is 21.5. The zero-order valence-corrected chi connectivity index (χ0v) is 15.9. The van der Waals surface area contributed by atoms with E-state index >= 15 is 0 Å². The van der Waals surface area contributed by atoms with Gasteiger partial charge >= 0.3 is 6.18 Å². The van der Waals surface area contributed by atoms with Gasteiger partial charge in [0, 0.05) is 25.6 Å². The first-order valence-corrected chi connectivity index (χ1v) is 9.66. The monoisotopic (exact) mass is 421 g/mol. The van der Waals surface area contributed by atoms with Crippen LogP contribution in [-0.4, -0.2) is 55.2 Å². The van der Waals surface area contributed by atoms with E-state index in [0.717, 1.165) is 6.07 Å². The lowest BCUT2D eigenvalue weighted by Crippen LogP contribution is -2.43. The molecule has 3 aliphatic rings. The van der Waals surface area contributed by atoms with E-state index in [-0.39, 0.29) is 54.5 Å². The maximum Gasteiger partial charge on any atom is 0.417 e. The third-order valence-corrected chi connectivity index (χ3v) is 6.20. The number of hydrogen-bond donors (Lipinski definition) is 1. The van der Waals surface area contributed by atoms with Crippen LogP contribution < -0.4 is 10.2 Å². The van der Waals surface area contributed by atoms with Gasteiger partial charge in [0.1, 0.15) is 18.3 Å². The molecule has 2 heterocycles. The summed E-state index contributed by atoms with van der Waals surface area (Å²) in [6.45, 7) is 0.902. The molecule has 1 saturated carbocycles. The molecule has 1 aromatic rings. The normalized spacial score (nSPS) is 30.0. The number of piperidine rings is 1. The van der Waals surface area contributed by atoms with Crippen molar-refractivity contribution in [2.45, 2.75) is 30.9 Å². The summed E-state index contributed by atoms with van der Waals surface area (Å²) in [5.41, 5.74) is -1.03. The fraction of sp³-hybridized carbons (Fsp3) is 0.550. The minimum Gasteiger partial charge on any atom is -0.370 e. The summed E-state index contributed by atoms with van der Waals surface area (Å²) in [5.74, 6) is 0.00415. The Morgan fingerprint density at radius 3 is 2.50 bits per heavy atom. The number of benzene rings is 1. The highest BCUT2D eigenvalue weighted by Crippen LogP contribution is 2.48. The lowest BCUT2D eigenvalue weighted by Gasteiger charge is -2.25. The van der Waals surface area contributed by atoms with Crippen molar-refractivity contribution in [3.8, 4) is 12.1 Å². The Labute approximate surface area is 170 Å². The minimum atomic E-state index is -4.59. The number of nitriles is 2. The van der Waals surface area contributed by atoms with E-state index in [1.54, 1.807) is 11.0 Å². The van der Waals surface area contributed by atoms with Gasteiger partial charge in [-0.2, -0.15) is 23.7 Å². The molecule has 6 nitrogen and oxygen atoms in total. The molecular formula is C20H19F4N5O. The number of amides is 1. The number of carbonyl (C=O) groups is 1. The minimum absolute atomic E-state index is 0.00439. The SMILES string of the molecule is N#Cc1c(N2C[C@@H]3C(NCC(=O)N4C[C@@H](F)C[C@H]4C#N)[C@@H]3C2)cccc1C(F)(F)F. The van der Waals surface area contributed by atoms with E-state index in [0.29, 0.717) is 13.1 Å². The second-order valence-corrected chi connectivity index (χ2v) is 7.97. The lowest BCUT2D eigenvalue weighted by molar-refractivity contribution is -0.137. The fourth-order valence-corrected chi connectivity index (χ4v) is 4.67. The van der Waals surface area contributed by atoms with Crippen LogP contribution in [0.1, 0.15) is 17.5 Å². The smallest absolute Gasteiger partial charge is 0.370 e. The topological polar surface area (TPSA) is 83.2 Å². The van der Waals surface area contributed by atoms with Gasteiger partial charge in [-0.3, -0.25) is 4.79 Å². The Balaban J connectivity index is 1.34. The second kappa shape index (κ2) is 7.44. The Bertz CT molecular complexity index is 925. The summed E-state index contributed by atoms with van der Waals surface area (Å²) in [6, 6.07) is 6.67. The first-order chi connectivity index (χ1) is 14.2. The molecule has 158 valence electrons. The molecule has 30 heavy (non-hydrogen) atoms. The van der Waals surface area contributed by atoms with Gasteiger partial charge in [-0.1, -0.05) is 6.07 Å². The number of anilines is 1. The van der Waals surface area contributed by atoms with Crippen LogP contribution in [0.5, 0.6) is 0 Å². The molecule has 0 aromatic heterocycles. The molecule has 5 atom stereocenters. The Hall–Kier alpha value is -2.85. The van der Waals surface area contributed by atoms with Crippen molar-refractivity contribution in [3.63, 3.8) is 0 Å². The summed E-state index contributed by atoms with van der Waals surface area (Å²) in [4.78, 5) is 15.3. The van der Waals surface area contributed by atoms with Gasteiger partial charge in [-0.25, -0.2) is 4.39 Å². The van der Waals surface area contributed by atoms with Crippen LogP contribution in [0.2, 0.25) is 0 Å². The molecule has 1 N–H and O–H groups in total. The van der Waals surface area contributed by atoms with Crippen molar-refractivity contribution in [2.24, 2.45) is 11.8 Å². The average molecular weight is 421 g/mol. The quantitative estimate of drug-likeness (QED) is 0.753. The molecule has 0 spiro atoms. The van der Waals surface area contributed by atoms with Crippen molar-refractivity contribution in [3.05, 3.63) is 29.3 Å². The van der Waals surface area contributed by atoms with Crippen molar-refractivity contribution >= 4 is 11.6 Å². The molecule has 10 heteroatoms. The van der Waals surface area contributed by atoms with Gasteiger partial charge in [-0.15, -0.1) is 0 Å². The van der Waals surface area contributed by atoms with Crippen LogP contribution >= 0.6 is 0 Å². The lowest BCUT2D eigenvalue weighted by atomic mass is 10.0. The van der Waals surface area contributed by atoms with Crippen LogP contribution in [0.15, 0.2) is 18.2 Å². The van der Waals surface area contributed by atoms with Gasteiger partial charge in [0.2, 0.25) is 5.91 Å². The maximum absolute atomic E-state index is 13.5. The molecular weight excluding hydrogens is 402 g/mol. The molecule has 4 rings (SSSR count). The predicted octanol–water partition coefficient (Wildman–Crippen LogP) is 2.06. The number of alkyl halides is 4. The molecule has 3 fully saturated rings. The first kappa shape index (κ1) is 20.4. The number of likely N-dealkylation sites (tertiary alicyclic amines) is 1. The zero-order valence-electron chi connectivity index (χ0n) is 15.9. The highest BCUT2D eigenvalue weighted by atomic mass is 19.4. The molecule has 1 unspecified atom stereocenters. The van der Waals surface area contributed by atoms with Gasteiger partial charge in [0.25, 0.3) is 0 Å². The zero-order chi connectivity index (χ0) is 21.6. The number of rotatable bonds is 4. The number of carbonyl (C=O) groups excluding carboxylic acids is 1. The van der Waals surface area contributed by atoms with E-state index in [2.05, 4.69) is 5.32 Å². The van der Waals surface area contributed by atoms with Crippen LogP contribution in [0.25, 0.3) is 0 Å². The molecule has 0 bridgehead atoms. The molecule has 2 aliphatic heterocycles. The van der Waals surface area contributed by atoms with E-state index in [1.807, 2.05) is 6.07 Å². The molecule has 1 amide bonds. The van der Waals surface area contributed by atoms with Crippen LogP contribution in [0.4, 0.5) is 23.2 Å². The van der Waals surface area contributed by atoms with Crippen molar-refractivity contribution in [1.29, 1.82) is 10.5 Å². The Kier molecular flexibility index (Phi) is 5.07. The highest BCUT2D eigenvalue weighted by molar-refractivity contribution is 5.79. The molecule has 1 aromatic carbocycles. The van der Waals surface area contributed by atoms with E-state index in [4.69, 9.17) is 5.26 Å². The Morgan fingerprint density at radius 1 is 1.20 bits per heavy atom. The summed E-state index contributed by atoms with van der Waals surface area (Å²) in [6.07, 6.45) is -5.75. The van der Waals surface area contributed by atoms with Gasteiger partial charge in [0.15, 0.2) is 0 Å². The molecule has 1 aliphatic carbocycles. The van der Waals surface area contributed by atoms with E-state index in [1.165, 1.54) is 17.0 Å². The maximum atomic E-state index is 13.5. The first-order valence-electron chi connectivity index (χ1n) is 9.66. The highest BCUT2D eigenvalue weighted by Gasteiger charge is 2.56. The van der Waals surface area contributed by atoms with Crippen LogP contribution in [0, 0.1) is 34.5 Å². The van der Waals surface area contributed by atoms with Crippen molar-refractivity contribution in [2.75, 3.05) is 31.1 Å². The van der Waals surface area contributed by atoms with Gasteiger partial charge in [-0.05, 0) is 24.0 Å². The summed E-state index contributed by atoms with van der Waals surface area (Å²) < 4.78 is 53.0. The number of hydrogen-bond acceptors (Lipinski definition) is 5. The third kappa shape index (κ3) is 3.56.